The molecule has 0 radical (unpaired) electrons. The fourth-order valence-electron chi connectivity index (χ4n) is 7.61. The van der Waals surface area contributed by atoms with Crippen LogP contribution in [0.2, 0.25) is 0 Å². The number of rotatable bonds is 51. The van der Waals surface area contributed by atoms with E-state index in [4.69, 9.17) is 14.2 Å². The molecule has 0 aromatic carbocycles. The van der Waals surface area contributed by atoms with Crippen molar-refractivity contribution in [2.75, 3.05) is 13.2 Å². The number of carbonyl (C=O) groups excluding carboxylic acids is 3. The Kier molecular flexibility index (Phi) is 55.5. The molecule has 0 amide bonds. The maximum atomic E-state index is 12.8. The molecule has 0 heterocycles. The minimum Gasteiger partial charge on any atom is -0.462 e. The number of hydrogen-bond donors (Lipinski definition) is 0. The van der Waals surface area contributed by atoms with Gasteiger partial charge in [0.1, 0.15) is 13.2 Å². The average molecular weight is 996 g/mol. The van der Waals surface area contributed by atoms with Gasteiger partial charge in [0.05, 0.1) is 0 Å². The molecule has 0 rings (SSSR count). The minimum atomic E-state index is -0.820. The summed E-state index contributed by atoms with van der Waals surface area (Å²) in [6.07, 6.45) is 83.3. The third-order valence-corrected chi connectivity index (χ3v) is 11.9. The van der Waals surface area contributed by atoms with Crippen molar-refractivity contribution in [1.82, 2.24) is 0 Å². The highest BCUT2D eigenvalue weighted by Gasteiger charge is 2.19. The van der Waals surface area contributed by atoms with E-state index < -0.39 is 12.1 Å². The van der Waals surface area contributed by atoms with E-state index in [2.05, 4.69) is 142 Å². The zero-order valence-electron chi connectivity index (χ0n) is 46.4. The highest BCUT2D eigenvalue weighted by Crippen LogP contribution is 2.14. The van der Waals surface area contributed by atoms with Gasteiger partial charge in [0, 0.05) is 19.3 Å². The third kappa shape index (κ3) is 56.5. The van der Waals surface area contributed by atoms with Crippen LogP contribution in [0.25, 0.3) is 0 Å². The monoisotopic (exact) mass is 995 g/mol. The highest BCUT2D eigenvalue weighted by atomic mass is 16.6. The summed E-state index contributed by atoms with van der Waals surface area (Å²) in [6.45, 7) is 6.32. The molecular formula is C66H106O6. The second-order valence-corrected chi connectivity index (χ2v) is 18.8. The Hall–Kier alpha value is -4.45. The van der Waals surface area contributed by atoms with Gasteiger partial charge < -0.3 is 14.2 Å². The molecule has 1 atom stereocenters. The minimum absolute atomic E-state index is 0.110. The van der Waals surface area contributed by atoms with Gasteiger partial charge in [-0.15, -0.1) is 0 Å². The highest BCUT2D eigenvalue weighted by molar-refractivity contribution is 5.71. The lowest BCUT2D eigenvalue weighted by Gasteiger charge is -2.18. The first-order valence-corrected chi connectivity index (χ1v) is 29.2. The van der Waals surface area contributed by atoms with E-state index >= 15 is 0 Å². The van der Waals surface area contributed by atoms with Gasteiger partial charge >= 0.3 is 17.9 Å². The molecule has 0 saturated carbocycles. The quantitative estimate of drug-likeness (QED) is 0.0261. The molecule has 0 spiro atoms. The van der Waals surface area contributed by atoms with E-state index in [9.17, 15) is 14.4 Å². The van der Waals surface area contributed by atoms with E-state index in [0.717, 1.165) is 116 Å². The van der Waals surface area contributed by atoms with E-state index in [1.54, 1.807) is 0 Å². The SMILES string of the molecule is CC/C=C\C/C=C\C/C=C\C/C=C\C/C=C\C/C=C\C/C=C\CCCCCCCCCCCC(=O)OCC(COC(=O)CCCCCCCCCCCC)OC(=O)CC/C=C\C/C=C\C/C=C\C/C=C\CC. The summed E-state index contributed by atoms with van der Waals surface area (Å²) in [5.41, 5.74) is 0. The Morgan fingerprint density at radius 3 is 0.903 bits per heavy atom. The molecule has 0 aromatic heterocycles. The lowest BCUT2D eigenvalue weighted by atomic mass is 10.1. The van der Waals surface area contributed by atoms with Gasteiger partial charge in [-0.05, 0) is 103 Å². The molecule has 6 nitrogen and oxygen atoms in total. The Labute approximate surface area is 443 Å². The fourth-order valence-corrected chi connectivity index (χ4v) is 7.61. The van der Waals surface area contributed by atoms with Crippen molar-refractivity contribution in [1.29, 1.82) is 0 Å². The van der Waals surface area contributed by atoms with Gasteiger partial charge in [0.25, 0.3) is 0 Å². The van der Waals surface area contributed by atoms with Crippen LogP contribution in [0.5, 0.6) is 0 Å². The molecule has 72 heavy (non-hydrogen) atoms. The van der Waals surface area contributed by atoms with Gasteiger partial charge in [-0.25, -0.2) is 0 Å². The summed E-state index contributed by atoms with van der Waals surface area (Å²) in [5, 5.41) is 0. The largest absolute Gasteiger partial charge is 0.462 e. The predicted molar refractivity (Wildman–Crippen MR) is 311 cm³/mol. The Bertz CT molecular complexity index is 1560. The molecule has 406 valence electrons. The van der Waals surface area contributed by atoms with Crippen LogP contribution >= 0.6 is 0 Å². The predicted octanol–water partition coefficient (Wildman–Crippen LogP) is 19.8. The van der Waals surface area contributed by atoms with E-state index in [1.165, 1.54) is 83.5 Å². The van der Waals surface area contributed by atoms with Crippen LogP contribution in [0.1, 0.15) is 245 Å². The van der Waals surface area contributed by atoms with E-state index in [1.807, 2.05) is 12.2 Å². The fraction of sp³-hybridized carbons (Fsp3) is 0.621. The van der Waals surface area contributed by atoms with Gasteiger partial charge in [-0.2, -0.15) is 0 Å². The molecule has 0 bridgehead atoms. The molecule has 0 aliphatic carbocycles. The first-order valence-electron chi connectivity index (χ1n) is 29.2. The zero-order valence-corrected chi connectivity index (χ0v) is 46.4. The lowest BCUT2D eigenvalue weighted by molar-refractivity contribution is -0.166. The molecule has 6 heteroatoms. The van der Waals surface area contributed by atoms with Crippen molar-refractivity contribution in [2.45, 2.75) is 252 Å². The summed E-state index contributed by atoms with van der Waals surface area (Å²) in [4.78, 5) is 38.0. The number of hydrogen-bond acceptors (Lipinski definition) is 6. The van der Waals surface area contributed by atoms with Gasteiger partial charge in [0.2, 0.25) is 0 Å². The first-order chi connectivity index (χ1) is 35.5. The summed E-state index contributed by atoms with van der Waals surface area (Å²) in [7, 11) is 0. The van der Waals surface area contributed by atoms with Crippen LogP contribution in [0.4, 0.5) is 0 Å². The maximum absolute atomic E-state index is 12.8. The summed E-state index contributed by atoms with van der Waals surface area (Å²) < 4.78 is 16.7. The molecule has 0 aliphatic heterocycles. The molecular weight excluding hydrogens is 889 g/mol. The molecule has 0 aliphatic rings. The van der Waals surface area contributed by atoms with Crippen molar-refractivity contribution >= 4 is 17.9 Å². The topological polar surface area (TPSA) is 78.9 Å². The molecule has 0 N–H and O–H groups in total. The van der Waals surface area contributed by atoms with Crippen LogP contribution < -0.4 is 0 Å². The lowest BCUT2D eigenvalue weighted by Crippen LogP contribution is -2.30. The van der Waals surface area contributed by atoms with Crippen LogP contribution in [0.3, 0.4) is 0 Å². The number of unbranched alkanes of at least 4 members (excludes halogenated alkanes) is 18. The molecule has 1 unspecified atom stereocenters. The molecule has 0 saturated heterocycles. The van der Waals surface area contributed by atoms with Crippen molar-refractivity contribution in [2.24, 2.45) is 0 Å². The van der Waals surface area contributed by atoms with Crippen LogP contribution in [0, 0.1) is 0 Å². The van der Waals surface area contributed by atoms with Crippen LogP contribution in [-0.2, 0) is 28.6 Å². The number of ether oxygens (including phenoxy) is 3. The first kappa shape index (κ1) is 67.5. The van der Waals surface area contributed by atoms with E-state index in [-0.39, 0.29) is 31.6 Å². The number of esters is 3. The van der Waals surface area contributed by atoms with Crippen molar-refractivity contribution in [3.8, 4) is 0 Å². The van der Waals surface area contributed by atoms with Gasteiger partial charge in [0.15, 0.2) is 6.10 Å². The van der Waals surface area contributed by atoms with E-state index in [0.29, 0.717) is 19.3 Å². The molecule has 0 fully saturated rings. The number of allylic oxidation sites excluding steroid dienone is 22. The van der Waals surface area contributed by atoms with Gasteiger partial charge in [-0.3, -0.25) is 14.4 Å². The van der Waals surface area contributed by atoms with Crippen LogP contribution in [0.15, 0.2) is 134 Å². The number of carbonyl (C=O) groups is 3. The van der Waals surface area contributed by atoms with Crippen molar-refractivity contribution < 1.29 is 28.6 Å². The summed E-state index contributed by atoms with van der Waals surface area (Å²) in [6, 6.07) is 0. The van der Waals surface area contributed by atoms with Crippen molar-refractivity contribution in [3.05, 3.63) is 134 Å². The standard InChI is InChI=1S/C66H106O6/c1-4-7-10-13-16-19-22-24-25-26-27-28-29-30-31-32-33-34-35-36-37-38-39-40-41-43-44-47-50-53-56-59-65(68)71-62-63(61-70-64(67)58-55-52-49-46-21-18-15-12-9-6-3)72-66(69)60-57-54-51-48-45-42-23-20-17-14-11-8-5-2/h7-8,10-11,16-17,19-20,24-25,27-28,30-31,33-34,36-37,42,45,51,54,63H,4-6,9,12-15,18,21-23,26,29,32,35,38-41,43-44,46-50,52-53,55-62H2,1-3H3/b10-7-,11-8-,19-16-,20-17-,25-24-,28-27-,31-30-,34-33-,37-36-,45-42-,54-51-. The Morgan fingerprint density at radius 1 is 0.292 bits per heavy atom. The Morgan fingerprint density at radius 2 is 0.569 bits per heavy atom. The summed E-state index contributed by atoms with van der Waals surface area (Å²) >= 11 is 0. The zero-order chi connectivity index (χ0) is 52.2. The molecule has 0 aromatic rings. The summed E-state index contributed by atoms with van der Waals surface area (Å²) in [5.74, 6) is -1.00. The second kappa shape index (κ2) is 59.1. The average Bonchev–Trinajstić information content (AvgIpc) is 3.38. The normalized spacial score (nSPS) is 13.1. The maximum Gasteiger partial charge on any atom is 0.306 e. The van der Waals surface area contributed by atoms with Crippen LogP contribution in [-0.4, -0.2) is 37.2 Å². The Balaban J connectivity index is 4.25. The third-order valence-electron chi connectivity index (χ3n) is 11.9. The van der Waals surface area contributed by atoms with Gasteiger partial charge in [-0.1, -0.05) is 257 Å². The van der Waals surface area contributed by atoms with Crippen molar-refractivity contribution in [3.63, 3.8) is 0 Å². The second-order valence-electron chi connectivity index (χ2n) is 18.8. The smallest absolute Gasteiger partial charge is 0.306 e.